The maximum atomic E-state index is 13.2. The van der Waals surface area contributed by atoms with Gasteiger partial charge in [0.1, 0.15) is 0 Å². The van der Waals surface area contributed by atoms with Crippen LogP contribution in [0.3, 0.4) is 0 Å². The minimum atomic E-state index is -3.89. The van der Waals surface area contributed by atoms with Crippen molar-refractivity contribution in [3.8, 4) is 0 Å². The number of fused-ring (bicyclic) bond motifs is 1. The lowest BCUT2D eigenvalue weighted by atomic mass is 9.90. The van der Waals surface area contributed by atoms with E-state index < -0.39 is 33.8 Å². The summed E-state index contributed by atoms with van der Waals surface area (Å²) < 4.78 is 37.0. The summed E-state index contributed by atoms with van der Waals surface area (Å²) in [5.74, 6) is -2.52. The number of rotatable bonds is 4. The smallest absolute Gasteiger partial charge is 0.310 e. The van der Waals surface area contributed by atoms with Gasteiger partial charge in [-0.05, 0) is 29.3 Å². The molecule has 0 radical (unpaired) electrons. The highest BCUT2D eigenvalue weighted by atomic mass is 32.2. The van der Waals surface area contributed by atoms with Gasteiger partial charge in [0, 0.05) is 13.1 Å². The van der Waals surface area contributed by atoms with E-state index in [-0.39, 0.29) is 24.4 Å². The van der Waals surface area contributed by atoms with Crippen LogP contribution in [0.5, 0.6) is 0 Å². The Morgan fingerprint density at radius 2 is 1.48 bits per heavy atom. The van der Waals surface area contributed by atoms with Gasteiger partial charge in [0.2, 0.25) is 10.0 Å². The topological polar surface area (TPSA) is 90.0 Å². The zero-order valence-corrected chi connectivity index (χ0v) is 15.9. The Balaban J connectivity index is 1.96. The van der Waals surface area contributed by atoms with Crippen molar-refractivity contribution in [2.24, 2.45) is 11.8 Å². The van der Waals surface area contributed by atoms with E-state index in [1.54, 1.807) is 12.1 Å². The Morgan fingerprint density at radius 1 is 0.926 bits per heavy atom. The average molecular weight is 391 g/mol. The van der Waals surface area contributed by atoms with E-state index in [9.17, 15) is 18.0 Å². The molecule has 0 N–H and O–H groups in total. The molecule has 1 fully saturated rings. The molecule has 2 unspecified atom stereocenters. The van der Waals surface area contributed by atoms with Crippen LogP contribution in [0, 0.1) is 11.8 Å². The number of carbonyl (C=O) groups excluding carboxylic acids is 2. The van der Waals surface area contributed by atoms with Crippen LogP contribution in [0.15, 0.2) is 47.4 Å². The molecule has 1 saturated heterocycles. The molecule has 0 amide bonds. The third-order valence-corrected chi connectivity index (χ3v) is 6.67. The first-order valence-corrected chi connectivity index (χ1v) is 9.95. The zero-order chi connectivity index (χ0) is 19.6. The fourth-order valence-corrected chi connectivity index (χ4v) is 4.97. The number of carbonyl (C=O) groups is 2. The molecule has 2 atom stereocenters. The number of hydrogen-bond donors (Lipinski definition) is 0. The van der Waals surface area contributed by atoms with E-state index in [2.05, 4.69) is 0 Å². The summed E-state index contributed by atoms with van der Waals surface area (Å²) in [6.07, 6.45) is 0.198. The predicted octanol–water partition coefficient (Wildman–Crippen LogP) is 1.81. The second-order valence-electron chi connectivity index (χ2n) is 6.51. The largest absolute Gasteiger partial charge is 0.469 e. The third-order valence-electron chi connectivity index (χ3n) is 4.84. The highest BCUT2D eigenvalue weighted by Gasteiger charge is 2.41. The minimum absolute atomic E-state index is 0.0324. The summed E-state index contributed by atoms with van der Waals surface area (Å²) in [5.41, 5.74) is 0. The molecule has 1 aliphatic rings. The first kappa shape index (κ1) is 19.3. The number of benzene rings is 2. The van der Waals surface area contributed by atoms with Crippen LogP contribution in [0.4, 0.5) is 0 Å². The molecule has 8 heteroatoms. The Kier molecular flexibility index (Phi) is 5.48. The van der Waals surface area contributed by atoms with Crippen molar-refractivity contribution in [1.82, 2.24) is 4.31 Å². The first-order chi connectivity index (χ1) is 12.9. The van der Waals surface area contributed by atoms with Crippen LogP contribution >= 0.6 is 0 Å². The molecular weight excluding hydrogens is 370 g/mol. The third kappa shape index (κ3) is 3.81. The van der Waals surface area contributed by atoms with E-state index in [4.69, 9.17) is 9.47 Å². The van der Waals surface area contributed by atoms with Gasteiger partial charge >= 0.3 is 11.9 Å². The number of esters is 2. The van der Waals surface area contributed by atoms with Crippen LogP contribution in [0.25, 0.3) is 10.8 Å². The molecule has 2 aromatic rings. The van der Waals surface area contributed by atoms with Gasteiger partial charge in [-0.15, -0.1) is 0 Å². The van der Waals surface area contributed by atoms with Crippen molar-refractivity contribution < 1.29 is 27.5 Å². The van der Waals surface area contributed by atoms with Gasteiger partial charge in [-0.2, -0.15) is 4.31 Å². The van der Waals surface area contributed by atoms with E-state index >= 15 is 0 Å². The van der Waals surface area contributed by atoms with Gasteiger partial charge in [0.15, 0.2) is 0 Å². The van der Waals surface area contributed by atoms with Crippen molar-refractivity contribution in [1.29, 1.82) is 0 Å². The summed E-state index contributed by atoms with van der Waals surface area (Å²) >= 11 is 0. The fraction of sp³-hybridized carbons (Fsp3) is 0.368. The number of methoxy groups -OCH3 is 2. The molecule has 144 valence electrons. The van der Waals surface area contributed by atoms with Crippen LogP contribution in [-0.2, 0) is 29.1 Å². The SMILES string of the molecule is COC(=O)C1CC(C(=O)OC)CN(S(=O)(=O)c2ccc3ccccc3c2)C1. The van der Waals surface area contributed by atoms with Crippen molar-refractivity contribution >= 4 is 32.7 Å². The van der Waals surface area contributed by atoms with Gasteiger partial charge in [0.25, 0.3) is 0 Å². The molecule has 0 saturated carbocycles. The molecule has 1 heterocycles. The predicted molar refractivity (Wildman–Crippen MR) is 98.3 cm³/mol. The Bertz CT molecular complexity index is 947. The Labute approximate surface area is 157 Å². The number of hydrogen-bond acceptors (Lipinski definition) is 6. The van der Waals surface area contributed by atoms with Crippen LogP contribution in [0.1, 0.15) is 6.42 Å². The quantitative estimate of drug-likeness (QED) is 0.739. The normalized spacial score (nSPS) is 21.0. The van der Waals surface area contributed by atoms with E-state index in [1.807, 2.05) is 24.3 Å². The summed E-state index contributed by atoms with van der Waals surface area (Å²) in [6, 6.07) is 12.3. The lowest BCUT2D eigenvalue weighted by molar-refractivity contribution is -0.152. The van der Waals surface area contributed by atoms with Crippen LogP contribution in [0.2, 0.25) is 0 Å². The monoisotopic (exact) mass is 391 g/mol. The van der Waals surface area contributed by atoms with Crippen molar-refractivity contribution in [2.45, 2.75) is 11.3 Å². The molecule has 0 spiro atoms. The summed E-state index contributed by atoms with van der Waals surface area (Å²) in [4.78, 5) is 24.1. The average Bonchev–Trinajstić information content (AvgIpc) is 2.71. The molecule has 0 bridgehead atoms. The number of ether oxygens (including phenoxy) is 2. The Morgan fingerprint density at radius 3 is 2.04 bits per heavy atom. The van der Waals surface area contributed by atoms with Gasteiger partial charge in [0.05, 0.1) is 31.0 Å². The number of sulfonamides is 1. The molecule has 7 nitrogen and oxygen atoms in total. The maximum absolute atomic E-state index is 13.2. The lowest BCUT2D eigenvalue weighted by Gasteiger charge is -2.34. The standard InChI is InChI=1S/C19H21NO6S/c1-25-18(21)15-9-16(19(22)26-2)12-20(11-15)27(23,24)17-8-7-13-5-3-4-6-14(13)10-17/h3-8,10,15-16H,9,11-12H2,1-2H3. The van der Waals surface area contributed by atoms with Gasteiger partial charge < -0.3 is 9.47 Å². The second-order valence-corrected chi connectivity index (χ2v) is 8.44. The maximum Gasteiger partial charge on any atom is 0.310 e. The minimum Gasteiger partial charge on any atom is -0.469 e. The zero-order valence-electron chi connectivity index (χ0n) is 15.1. The molecule has 1 aliphatic heterocycles. The first-order valence-electron chi connectivity index (χ1n) is 8.51. The fourth-order valence-electron chi connectivity index (χ4n) is 3.41. The van der Waals surface area contributed by atoms with Crippen LogP contribution < -0.4 is 0 Å². The van der Waals surface area contributed by atoms with Crippen molar-refractivity contribution in [3.05, 3.63) is 42.5 Å². The molecule has 27 heavy (non-hydrogen) atoms. The highest BCUT2D eigenvalue weighted by Crippen LogP contribution is 2.30. The van der Waals surface area contributed by atoms with Crippen LogP contribution in [-0.4, -0.2) is 52.0 Å². The molecular formula is C19H21NO6S. The van der Waals surface area contributed by atoms with Gasteiger partial charge in [-0.25, -0.2) is 8.42 Å². The molecule has 0 aromatic heterocycles. The Hall–Kier alpha value is -2.45. The van der Waals surface area contributed by atoms with Gasteiger partial charge in [-0.1, -0.05) is 30.3 Å². The van der Waals surface area contributed by atoms with Gasteiger partial charge in [-0.3, -0.25) is 9.59 Å². The van der Waals surface area contributed by atoms with Crippen molar-refractivity contribution in [2.75, 3.05) is 27.3 Å². The second kappa shape index (κ2) is 7.66. The van der Waals surface area contributed by atoms with E-state index in [1.165, 1.54) is 24.6 Å². The summed E-state index contributed by atoms with van der Waals surface area (Å²) in [5, 5.41) is 1.72. The van der Waals surface area contributed by atoms with Crippen molar-refractivity contribution in [3.63, 3.8) is 0 Å². The summed E-state index contributed by atoms with van der Waals surface area (Å²) in [7, 11) is -1.40. The van der Waals surface area contributed by atoms with E-state index in [0.29, 0.717) is 0 Å². The molecule has 2 aromatic carbocycles. The summed E-state index contributed by atoms with van der Waals surface area (Å²) in [6.45, 7) is -0.0648. The highest BCUT2D eigenvalue weighted by molar-refractivity contribution is 7.89. The molecule has 3 rings (SSSR count). The lowest BCUT2D eigenvalue weighted by Crippen LogP contribution is -2.48. The number of piperidine rings is 1. The van der Waals surface area contributed by atoms with E-state index in [0.717, 1.165) is 10.8 Å². The number of nitrogens with zero attached hydrogens (tertiary/aromatic N) is 1. The molecule has 0 aliphatic carbocycles.